The molecule has 0 aromatic heterocycles. The third-order valence-corrected chi connectivity index (χ3v) is 4.56. The smallest absolute Gasteiger partial charge is 0.326 e. The average molecular weight is 420 g/mol. The van der Waals surface area contributed by atoms with Crippen molar-refractivity contribution < 1.29 is 39.3 Å². The number of aliphatic hydroxyl groups excluding tert-OH is 1. The number of nitrogens with zero attached hydrogens (tertiary/aromatic N) is 1. The number of aliphatic carboxylic acids is 2. The van der Waals surface area contributed by atoms with E-state index in [9.17, 15) is 29.1 Å². The van der Waals surface area contributed by atoms with Gasteiger partial charge in [-0.2, -0.15) is 12.6 Å². The molecule has 1 saturated heterocycles. The minimum absolute atomic E-state index is 0.0451. The quantitative estimate of drug-likeness (QED) is 0.177. The summed E-state index contributed by atoms with van der Waals surface area (Å²) in [6.45, 7) is -0.689. The van der Waals surface area contributed by atoms with Crippen LogP contribution in [0.2, 0.25) is 0 Å². The number of amides is 3. The summed E-state index contributed by atoms with van der Waals surface area (Å²) in [6.07, 6.45) is -0.0920. The van der Waals surface area contributed by atoms with Crippen LogP contribution in [0.3, 0.4) is 0 Å². The van der Waals surface area contributed by atoms with E-state index in [-0.39, 0.29) is 18.7 Å². The van der Waals surface area contributed by atoms with Gasteiger partial charge in [-0.1, -0.05) is 0 Å². The van der Waals surface area contributed by atoms with Gasteiger partial charge in [0.25, 0.3) is 0 Å². The molecule has 0 spiro atoms. The first-order valence-corrected chi connectivity index (χ1v) is 9.08. The average Bonchev–Trinajstić information content (AvgIpc) is 3.13. The fraction of sp³-hybridized carbons (Fsp3) is 0.667. The first-order valence-electron chi connectivity index (χ1n) is 8.45. The van der Waals surface area contributed by atoms with Gasteiger partial charge in [-0.25, -0.2) is 4.79 Å². The van der Waals surface area contributed by atoms with Crippen LogP contribution in [-0.4, -0.2) is 93.0 Å². The molecule has 0 radical (unpaired) electrons. The first-order chi connectivity index (χ1) is 13.1. The van der Waals surface area contributed by atoms with E-state index in [1.165, 1.54) is 0 Å². The summed E-state index contributed by atoms with van der Waals surface area (Å²) < 4.78 is 0. The van der Waals surface area contributed by atoms with Gasteiger partial charge in [0.15, 0.2) is 0 Å². The van der Waals surface area contributed by atoms with Gasteiger partial charge in [0.05, 0.1) is 19.1 Å². The number of nitrogens with two attached hydrogens (primary N) is 1. The van der Waals surface area contributed by atoms with Crippen molar-refractivity contribution in [3.63, 3.8) is 0 Å². The number of aliphatic hydroxyl groups is 1. The highest BCUT2D eigenvalue weighted by atomic mass is 32.1. The maximum absolute atomic E-state index is 12.5. The van der Waals surface area contributed by atoms with Gasteiger partial charge in [-0.3, -0.25) is 19.2 Å². The molecular weight excluding hydrogens is 396 g/mol. The Labute approximate surface area is 165 Å². The van der Waals surface area contributed by atoms with Gasteiger partial charge < -0.3 is 36.6 Å². The maximum Gasteiger partial charge on any atom is 0.326 e. The molecule has 1 fully saturated rings. The lowest BCUT2D eigenvalue weighted by Gasteiger charge is -2.27. The van der Waals surface area contributed by atoms with Gasteiger partial charge in [-0.05, 0) is 12.8 Å². The van der Waals surface area contributed by atoms with Crippen LogP contribution in [0, 0.1) is 0 Å². The fourth-order valence-electron chi connectivity index (χ4n) is 2.69. The van der Waals surface area contributed by atoms with Gasteiger partial charge in [0, 0.05) is 12.3 Å². The Balaban J connectivity index is 2.87. The van der Waals surface area contributed by atoms with Crippen molar-refractivity contribution in [3.05, 3.63) is 0 Å². The molecule has 1 aliphatic heterocycles. The second-order valence-corrected chi connectivity index (χ2v) is 6.58. The topological polar surface area (TPSA) is 199 Å². The molecule has 4 atom stereocenters. The summed E-state index contributed by atoms with van der Waals surface area (Å²) in [7, 11) is 0. The SMILES string of the molecule is NC(CS)C(=O)NC(CC(=O)O)C(=O)NC(CO)C(=O)N1CCCC1C(=O)O. The molecule has 0 saturated carbocycles. The minimum Gasteiger partial charge on any atom is -0.481 e. The van der Waals surface area contributed by atoms with E-state index in [1.54, 1.807) is 0 Å². The van der Waals surface area contributed by atoms with Crippen LogP contribution in [0.5, 0.6) is 0 Å². The number of nitrogens with one attached hydrogen (secondary N) is 2. The van der Waals surface area contributed by atoms with E-state index in [4.69, 9.17) is 15.9 Å². The molecule has 4 unspecified atom stereocenters. The Morgan fingerprint density at radius 2 is 1.71 bits per heavy atom. The number of carboxylic acid groups (broad SMARTS) is 2. The number of hydrogen-bond acceptors (Lipinski definition) is 8. The van der Waals surface area contributed by atoms with E-state index in [0.717, 1.165) is 4.90 Å². The van der Waals surface area contributed by atoms with E-state index in [1.807, 2.05) is 0 Å². The summed E-state index contributed by atoms with van der Waals surface area (Å²) >= 11 is 3.84. The van der Waals surface area contributed by atoms with Crippen LogP contribution in [0.4, 0.5) is 0 Å². The monoisotopic (exact) mass is 420 g/mol. The van der Waals surface area contributed by atoms with E-state index in [2.05, 4.69) is 23.3 Å². The summed E-state index contributed by atoms with van der Waals surface area (Å²) in [6, 6.07) is -5.18. The van der Waals surface area contributed by atoms with Crippen molar-refractivity contribution in [2.45, 2.75) is 43.4 Å². The Kier molecular flexibility index (Phi) is 9.15. The largest absolute Gasteiger partial charge is 0.481 e. The van der Waals surface area contributed by atoms with Crippen LogP contribution in [0.15, 0.2) is 0 Å². The van der Waals surface area contributed by atoms with Gasteiger partial charge in [0.2, 0.25) is 17.7 Å². The molecule has 13 heteroatoms. The predicted molar refractivity (Wildman–Crippen MR) is 97.4 cm³/mol. The summed E-state index contributed by atoms with van der Waals surface area (Å²) in [5.41, 5.74) is 5.47. The standard InChI is InChI=1S/C15H24N4O8S/c16-7(6-28)12(23)17-8(4-11(21)22)13(24)18-9(5-20)14(25)19-3-1-2-10(19)15(26)27/h7-10,20,28H,1-6,16H2,(H,17,23)(H,18,24)(H,21,22)(H,26,27). The van der Waals surface area contributed by atoms with Crippen molar-refractivity contribution in [1.29, 1.82) is 0 Å². The van der Waals surface area contributed by atoms with Crippen molar-refractivity contribution >= 4 is 42.3 Å². The molecule has 1 rings (SSSR count). The Morgan fingerprint density at radius 1 is 1.11 bits per heavy atom. The molecule has 0 bridgehead atoms. The Bertz CT molecular complexity index is 631. The number of carbonyl (C=O) groups excluding carboxylic acids is 3. The lowest BCUT2D eigenvalue weighted by atomic mass is 10.1. The number of thiol groups is 1. The summed E-state index contributed by atoms with van der Waals surface area (Å²) in [5.74, 6) is -5.29. The van der Waals surface area contributed by atoms with Crippen LogP contribution in [-0.2, 0) is 24.0 Å². The molecule has 158 valence electrons. The Morgan fingerprint density at radius 3 is 2.21 bits per heavy atom. The molecular formula is C15H24N4O8S. The minimum atomic E-state index is -1.55. The predicted octanol–water partition coefficient (Wildman–Crippen LogP) is -3.24. The third kappa shape index (κ3) is 6.35. The summed E-state index contributed by atoms with van der Waals surface area (Å²) in [5, 5.41) is 31.9. The highest BCUT2D eigenvalue weighted by molar-refractivity contribution is 7.80. The van der Waals surface area contributed by atoms with Crippen molar-refractivity contribution in [3.8, 4) is 0 Å². The normalized spacial score (nSPS) is 19.4. The van der Waals surface area contributed by atoms with E-state index in [0.29, 0.717) is 6.42 Å². The molecule has 1 aliphatic rings. The lowest BCUT2D eigenvalue weighted by molar-refractivity contribution is -0.150. The van der Waals surface area contributed by atoms with Crippen LogP contribution in [0.25, 0.3) is 0 Å². The van der Waals surface area contributed by atoms with E-state index >= 15 is 0 Å². The van der Waals surface area contributed by atoms with Crippen molar-refractivity contribution in [1.82, 2.24) is 15.5 Å². The van der Waals surface area contributed by atoms with Crippen LogP contribution in [0.1, 0.15) is 19.3 Å². The number of hydrogen-bond donors (Lipinski definition) is 7. The first kappa shape index (κ1) is 23.7. The molecule has 1 heterocycles. The number of carbonyl (C=O) groups is 5. The lowest BCUT2D eigenvalue weighted by Crippen LogP contribution is -2.58. The molecule has 28 heavy (non-hydrogen) atoms. The number of likely N-dealkylation sites (tertiary alicyclic amines) is 1. The second-order valence-electron chi connectivity index (χ2n) is 6.22. The fourth-order valence-corrected chi connectivity index (χ4v) is 2.86. The van der Waals surface area contributed by atoms with Gasteiger partial charge in [-0.15, -0.1) is 0 Å². The maximum atomic E-state index is 12.5. The van der Waals surface area contributed by atoms with Gasteiger partial charge in [0.1, 0.15) is 18.1 Å². The van der Waals surface area contributed by atoms with Crippen LogP contribution < -0.4 is 16.4 Å². The van der Waals surface area contributed by atoms with Gasteiger partial charge >= 0.3 is 11.9 Å². The zero-order valence-electron chi connectivity index (χ0n) is 14.9. The Hall–Kier alpha value is -2.38. The molecule has 0 aromatic rings. The third-order valence-electron chi connectivity index (χ3n) is 4.16. The molecule has 12 nitrogen and oxygen atoms in total. The second kappa shape index (κ2) is 10.8. The molecule has 7 N–H and O–H groups in total. The molecule has 0 aliphatic carbocycles. The van der Waals surface area contributed by atoms with Crippen molar-refractivity contribution in [2.24, 2.45) is 5.73 Å². The molecule has 3 amide bonds. The number of carboxylic acids is 2. The zero-order chi connectivity index (χ0) is 21.4. The van der Waals surface area contributed by atoms with Crippen molar-refractivity contribution in [2.75, 3.05) is 18.9 Å². The van der Waals surface area contributed by atoms with E-state index < -0.39 is 66.9 Å². The molecule has 0 aromatic carbocycles. The van der Waals surface area contributed by atoms with Crippen LogP contribution >= 0.6 is 12.6 Å². The highest BCUT2D eigenvalue weighted by Gasteiger charge is 2.38. The zero-order valence-corrected chi connectivity index (χ0v) is 15.8. The summed E-state index contributed by atoms with van der Waals surface area (Å²) in [4.78, 5) is 60.0. The number of rotatable bonds is 10. The highest BCUT2D eigenvalue weighted by Crippen LogP contribution is 2.18.